The highest BCUT2D eigenvalue weighted by molar-refractivity contribution is 5.89. The minimum Gasteiger partial charge on any atom is -0.490 e. The Balaban J connectivity index is 0.000000307. The fraction of sp³-hybridized carbons (Fsp3) is 0.222. The van der Waals surface area contributed by atoms with Gasteiger partial charge in [-0.25, -0.2) is 9.59 Å². The van der Waals surface area contributed by atoms with Gasteiger partial charge in [-0.2, -0.15) is 0 Å². The molecule has 6 nitrogen and oxygen atoms in total. The molecule has 0 saturated heterocycles. The van der Waals surface area contributed by atoms with Crippen molar-refractivity contribution in [2.24, 2.45) is 0 Å². The first-order chi connectivity index (χ1) is 11.5. The summed E-state index contributed by atoms with van der Waals surface area (Å²) in [5, 5.41) is 18.9. The summed E-state index contributed by atoms with van der Waals surface area (Å²) >= 11 is 0. The molecule has 1 aliphatic heterocycles. The van der Waals surface area contributed by atoms with Crippen LogP contribution in [0.5, 0.6) is 5.75 Å². The van der Waals surface area contributed by atoms with Gasteiger partial charge in [-0.3, -0.25) is 0 Å². The lowest BCUT2D eigenvalue weighted by Gasteiger charge is -2.15. The van der Waals surface area contributed by atoms with E-state index in [4.69, 9.17) is 14.9 Å². The van der Waals surface area contributed by atoms with Crippen LogP contribution in [0.3, 0.4) is 0 Å². The van der Waals surface area contributed by atoms with Crippen LogP contribution < -0.4 is 10.1 Å². The van der Waals surface area contributed by atoms with Crippen LogP contribution in [0.25, 0.3) is 5.57 Å². The molecule has 3 N–H and O–H groups in total. The third-order valence-corrected chi connectivity index (χ3v) is 3.01. The second-order valence-corrected chi connectivity index (χ2v) is 4.82. The van der Waals surface area contributed by atoms with E-state index in [0.717, 1.165) is 25.3 Å². The van der Waals surface area contributed by atoms with Crippen LogP contribution in [-0.4, -0.2) is 41.8 Å². The molecular weight excluding hydrogens is 310 g/mol. The first kappa shape index (κ1) is 19.2. The molecule has 0 atom stereocenters. The van der Waals surface area contributed by atoms with Crippen LogP contribution in [0.15, 0.2) is 55.1 Å². The van der Waals surface area contributed by atoms with Gasteiger partial charge >= 0.3 is 11.9 Å². The first-order valence-electron chi connectivity index (χ1n) is 7.40. The Morgan fingerprint density at radius 1 is 1.25 bits per heavy atom. The average Bonchev–Trinajstić information content (AvgIpc) is 2.60. The Hall–Kier alpha value is -2.86. The maximum absolute atomic E-state index is 9.55. The van der Waals surface area contributed by atoms with Crippen LogP contribution in [0, 0.1) is 0 Å². The summed E-state index contributed by atoms with van der Waals surface area (Å²) in [7, 11) is 0. The maximum atomic E-state index is 9.55. The molecule has 0 bridgehead atoms. The van der Waals surface area contributed by atoms with E-state index >= 15 is 0 Å². The summed E-state index contributed by atoms with van der Waals surface area (Å²) < 4.78 is 5.53. The van der Waals surface area contributed by atoms with E-state index in [9.17, 15) is 9.59 Å². The molecule has 0 spiro atoms. The summed E-state index contributed by atoms with van der Waals surface area (Å²) in [6, 6.07) is 8.25. The van der Waals surface area contributed by atoms with Crippen LogP contribution >= 0.6 is 0 Å². The number of carbonyl (C=O) groups is 2. The van der Waals surface area contributed by atoms with Crippen LogP contribution in [0.4, 0.5) is 0 Å². The fourth-order valence-corrected chi connectivity index (χ4v) is 1.97. The van der Waals surface area contributed by atoms with Gasteiger partial charge in [0, 0.05) is 18.7 Å². The van der Waals surface area contributed by atoms with Crippen molar-refractivity contribution >= 4 is 17.5 Å². The minimum atomic E-state index is -1.26. The maximum Gasteiger partial charge on any atom is 0.328 e. The Morgan fingerprint density at radius 2 is 1.96 bits per heavy atom. The highest BCUT2D eigenvalue weighted by atomic mass is 16.5. The van der Waals surface area contributed by atoms with E-state index in [1.54, 1.807) is 6.08 Å². The molecule has 128 valence electrons. The van der Waals surface area contributed by atoms with E-state index in [0.29, 0.717) is 18.8 Å². The lowest BCUT2D eigenvalue weighted by atomic mass is 10.0. The van der Waals surface area contributed by atoms with Gasteiger partial charge in [-0.05, 0) is 36.2 Å². The van der Waals surface area contributed by atoms with Gasteiger partial charge < -0.3 is 20.3 Å². The molecule has 0 aromatic heterocycles. The molecule has 1 aliphatic rings. The zero-order valence-electron chi connectivity index (χ0n) is 13.3. The lowest BCUT2D eigenvalue weighted by Crippen LogP contribution is -2.19. The summed E-state index contributed by atoms with van der Waals surface area (Å²) in [5.41, 5.74) is 2.67. The molecule has 0 radical (unpaired) electrons. The molecule has 0 unspecified atom stereocenters. The summed E-state index contributed by atoms with van der Waals surface area (Å²) in [4.78, 5) is 19.1. The van der Waals surface area contributed by atoms with Crippen molar-refractivity contribution in [3.05, 3.63) is 60.7 Å². The quantitative estimate of drug-likeness (QED) is 0.547. The van der Waals surface area contributed by atoms with Gasteiger partial charge in [0.1, 0.15) is 12.4 Å². The van der Waals surface area contributed by atoms with Crippen LogP contribution in [-0.2, 0) is 9.59 Å². The standard InChI is InChI=1S/C14H17NO.C4H4O4/c1-2-10-16-14-5-3-4-13(11-14)12-6-8-15-9-7-12;5-3(6)1-2-4(7)8/h2-6,11,15H,1,7-10H2;1-2H,(H,5,6)(H,7,8)/b;2-1+. The number of carboxylic acid groups (broad SMARTS) is 2. The highest BCUT2D eigenvalue weighted by Crippen LogP contribution is 2.23. The fourth-order valence-electron chi connectivity index (χ4n) is 1.97. The Bertz CT molecular complexity index is 618. The third-order valence-electron chi connectivity index (χ3n) is 3.01. The Kier molecular flexibility index (Phi) is 8.63. The zero-order chi connectivity index (χ0) is 17.8. The van der Waals surface area contributed by atoms with E-state index in [-0.39, 0.29) is 0 Å². The number of benzene rings is 1. The van der Waals surface area contributed by atoms with Gasteiger partial charge in [0.25, 0.3) is 0 Å². The van der Waals surface area contributed by atoms with Crippen molar-refractivity contribution in [1.82, 2.24) is 5.32 Å². The van der Waals surface area contributed by atoms with Gasteiger partial charge in [0.05, 0.1) is 0 Å². The number of hydrogen-bond donors (Lipinski definition) is 3. The second-order valence-electron chi connectivity index (χ2n) is 4.82. The average molecular weight is 331 g/mol. The zero-order valence-corrected chi connectivity index (χ0v) is 13.3. The largest absolute Gasteiger partial charge is 0.490 e. The predicted molar refractivity (Wildman–Crippen MR) is 92.0 cm³/mol. The molecule has 1 aromatic rings. The van der Waals surface area contributed by atoms with Crippen molar-refractivity contribution in [2.45, 2.75) is 6.42 Å². The molecule has 0 saturated carbocycles. The van der Waals surface area contributed by atoms with Crippen LogP contribution in [0.1, 0.15) is 12.0 Å². The topological polar surface area (TPSA) is 95.9 Å². The third kappa shape index (κ3) is 7.95. The predicted octanol–water partition coefficient (Wildman–Crippen LogP) is 2.34. The monoisotopic (exact) mass is 331 g/mol. The van der Waals surface area contributed by atoms with E-state index in [2.05, 4.69) is 30.1 Å². The number of rotatable bonds is 6. The molecule has 2 rings (SSSR count). The summed E-state index contributed by atoms with van der Waals surface area (Å²) in [5.74, 6) is -1.60. The Morgan fingerprint density at radius 3 is 2.50 bits per heavy atom. The summed E-state index contributed by atoms with van der Waals surface area (Å²) in [6.45, 7) is 6.23. The number of aliphatic carboxylic acids is 2. The normalized spacial score (nSPS) is 13.4. The molecule has 1 aromatic carbocycles. The van der Waals surface area contributed by atoms with Crippen molar-refractivity contribution < 1.29 is 24.5 Å². The molecule has 6 heteroatoms. The van der Waals surface area contributed by atoms with Gasteiger partial charge in [-0.15, -0.1) is 0 Å². The second kappa shape index (κ2) is 10.8. The van der Waals surface area contributed by atoms with E-state index < -0.39 is 11.9 Å². The molecule has 0 amide bonds. The van der Waals surface area contributed by atoms with Gasteiger partial charge in [0.2, 0.25) is 0 Å². The molecule has 0 aliphatic carbocycles. The summed E-state index contributed by atoms with van der Waals surface area (Å²) in [6.07, 6.45) is 6.21. The number of nitrogens with one attached hydrogen (secondary N) is 1. The molecule has 0 fully saturated rings. The van der Waals surface area contributed by atoms with Gasteiger partial charge in [-0.1, -0.05) is 30.9 Å². The van der Waals surface area contributed by atoms with Crippen molar-refractivity contribution in [1.29, 1.82) is 0 Å². The van der Waals surface area contributed by atoms with E-state index in [1.807, 2.05) is 12.1 Å². The SMILES string of the molecule is C=CCOc1cccc(C2=CCNCC2)c1.O=C(O)/C=C/C(=O)O. The lowest BCUT2D eigenvalue weighted by molar-refractivity contribution is -0.134. The highest BCUT2D eigenvalue weighted by Gasteiger charge is 2.06. The number of hydrogen-bond acceptors (Lipinski definition) is 4. The molecule has 1 heterocycles. The number of ether oxygens (including phenoxy) is 1. The van der Waals surface area contributed by atoms with Crippen molar-refractivity contribution in [3.63, 3.8) is 0 Å². The van der Waals surface area contributed by atoms with Gasteiger partial charge in [0.15, 0.2) is 0 Å². The molecular formula is C18H21NO5. The van der Waals surface area contributed by atoms with Crippen molar-refractivity contribution in [3.8, 4) is 5.75 Å². The molecule has 24 heavy (non-hydrogen) atoms. The Labute approximate surface area is 140 Å². The smallest absolute Gasteiger partial charge is 0.328 e. The first-order valence-corrected chi connectivity index (χ1v) is 7.40. The minimum absolute atomic E-state index is 0.558. The van der Waals surface area contributed by atoms with Crippen molar-refractivity contribution in [2.75, 3.05) is 19.7 Å². The number of carboxylic acids is 2. The van der Waals surface area contributed by atoms with E-state index in [1.165, 1.54) is 11.1 Å². The van der Waals surface area contributed by atoms with Crippen LogP contribution in [0.2, 0.25) is 0 Å².